The molecule has 1 N–H and O–H groups in total. The SMILES string of the molecule is CC(=O)Oc1c(C)c(C)c2c(c1C)C=C(C(=O)Nc1ccccc1C(=O)c1ccccc1)CO2. The predicted octanol–water partition coefficient (Wildman–Crippen LogP) is 5.18. The van der Waals surface area contributed by atoms with Crippen LogP contribution in [0.15, 0.2) is 60.2 Å². The Morgan fingerprint density at radius 1 is 0.882 bits per heavy atom. The summed E-state index contributed by atoms with van der Waals surface area (Å²) in [7, 11) is 0. The van der Waals surface area contributed by atoms with E-state index in [4.69, 9.17) is 9.47 Å². The average molecular weight is 456 g/mol. The quantitative estimate of drug-likeness (QED) is 0.326. The molecule has 0 fully saturated rings. The van der Waals surface area contributed by atoms with Crippen LogP contribution >= 0.6 is 0 Å². The number of hydrogen-bond acceptors (Lipinski definition) is 5. The van der Waals surface area contributed by atoms with Crippen molar-refractivity contribution < 1.29 is 23.9 Å². The zero-order chi connectivity index (χ0) is 24.4. The van der Waals surface area contributed by atoms with Crippen molar-refractivity contribution in [2.75, 3.05) is 11.9 Å². The van der Waals surface area contributed by atoms with Crippen LogP contribution < -0.4 is 14.8 Å². The molecular formula is C28H25NO5. The Kier molecular flexibility index (Phi) is 6.32. The number of nitrogens with one attached hydrogen (secondary N) is 1. The highest BCUT2D eigenvalue weighted by molar-refractivity contribution is 6.16. The summed E-state index contributed by atoms with van der Waals surface area (Å²) in [5, 5.41) is 2.86. The molecule has 0 bridgehead atoms. The number of para-hydroxylation sites is 1. The van der Waals surface area contributed by atoms with Crippen LogP contribution in [0.25, 0.3) is 6.08 Å². The number of amides is 1. The van der Waals surface area contributed by atoms with Gasteiger partial charge in [0, 0.05) is 29.2 Å². The summed E-state index contributed by atoms with van der Waals surface area (Å²) in [5.74, 6) is 0.185. The van der Waals surface area contributed by atoms with Gasteiger partial charge in [0.15, 0.2) is 5.78 Å². The molecule has 4 rings (SSSR count). The van der Waals surface area contributed by atoms with Crippen LogP contribution in [0.3, 0.4) is 0 Å². The number of esters is 1. The number of ether oxygens (including phenoxy) is 2. The number of hydrogen-bond donors (Lipinski definition) is 1. The van der Waals surface area contributed by atoms with E-state index in [1.165, 1.54) is 6.92 Å². The number of carbonyl (C=O) groups is 3. The molecule has 0 radical (unpaired) electrons. The van der Waals surface area contributed by atoms with Gasteiger partial charge >= 0.3 is 5.97 Å². The van der Waals surface area contributed by atoms with E-state index in [0.29, 0.717) is 39.4 Å². The molecule has 0 aromatic heterocycles. The molecule has 0 spiro atoms. The van der Waals surface area contributed by atoms with Gasteiger partial charge < -0.3 is 14.8 Å². The first kappa shape index (κ1) is 23.0. The van der Waals surface area contributed by atoms with E-state index in [1.807, 2.05) is 26.8 Å². The van der Waals surface area contributed by atoms with Gasteiger partial charge in [-0.05, 0) is 50.1 Å². The Bertz CT molecular complexity index is 1340. The zero-order valence-corrected chi connectivity index (χ0v) is 19.5. The largest absolute Gasteiger partial charge is 0.488 e. The molecule has 0 aliphatic carbocycles. The van der Waals surface area contributed by atoms with Crippen molar-refractivity contribution in [2.24, 2.45) is 0 Å². The highest BCUT2D eigenvalue weighted by Gasteiger charge is 2.26. The van der Waals surface area contributed by atoms with Gasteiger partial charge in [-0.2, -0.15) is 0 Å². The molecule has 6 heteroatoms. The summed E-state index contributed by atoms with van der Waals surface area (Å²) in [6, 6.07) is 15.8. The van der Waals surface area contributed by atoms with Crippen molar-refractivity contribution >= 4 is 29.4 Å². The standard InChI is InChI=1S/C28H25NO5/c1-16-17(2)27-23(18(3)26(16)34-19(4)30)14-21(15-33-27)28(32)29-24-13-9-8-12-22(24)25(31)20-10-6-5-7-11-20/h5-14H,15H2,1-4H3,(H,29,32). The van der Waals surface area contributed by atoms with Crippen LogP contribution in [-0.2, 0) is 9.59 Å². The maximum Gasteiger partial charge on any atom is 0.308 e. The van der Waals surface area contributed by atoms with Gasteiger partial charge in [-0.25, -0.2) is 0 Å². The van der Waals surface area contributed by atoms with E-state index in [1.54, 1.807) is 54.6 Å². The van der Waals surface area contributed by atoms with Gasteiger partial charge in [0.25, 0.3) is 5.91 Å². The summed E-state index contributed by atoms with van der Waals surface area (Å²) in [4.78, 5) is 37.8. The lowest BCUT2D eigenvalue weighted by molar-refractivity contribution is -0.132. The normalized spacial score (nSPS) is 12.2. The van der Waals surface area contributed by atoms with Crippen LogP contribution in [0.5, 0.6) is 11.5 Å². The number of carbonyl (C=O) groups excluding carboxylic acids is 3. The van der Waals surface area contributed by atoms with E-state index in [-0.39, 0.29) is 18.3 Å². The fourth-order valence-electron chi connectivity index (χ4n) is 4.01. The minimum Gasteiger partial charge on any atom is -0.488 e. The first-order valence-corrected chi connectivity index (χ1v) is 10.9. The Labute approximate surface area is 198 Å². The molecule has 34 heavy (non-hydrogen) atoms. The first-order valence-electron chi connectivity index (χ1n) is 10.9. The summed E-state index contributed by atoms with van der Waals surface area (Å²) in [6.45, 7) is 7.03. The maximum absolute atomic E-state index is 13.2. The molecule has 3 aromatic carbocycles. The van der Waals surface area contributed by atoms with Gasteiger partial charge in [-0.15, -0.1) is 0 Å². The topological polar surface area (TPSA) is 81.7 Å². The molecule has 172 valence electrons. The Hall–Kier alpha value is -4.19. The molecule has 0 atom stereocenters. The third kappa shape index (κ3) is 4.35. The molecule has 1 heterocycles. The molecule has 1 aliphatic rings. The lowest BCUT2D eigenvalue weighted by Gasteiger charge is -2.24. The third-order valence-corrected chi connectivity index (χ3v) is 5.92. The summed E-state index contributed by atoms with van der Waals surface area (Å²) >= 11 is 0. The fraction of sp³-hybridized carbons (Fsp3) is 0.179. The number of benzene rings is 3. The van der Waals surface area contributed by atoms with Crippen LogP contribution in [0.2, 0.25) is 0 Å². The first-order chi connectivity index (χ1) is 16.3. The number of ketones is 1. The van der Waals surface area contributed by atoms with E-state index in [2.05, 4.69) is 5.32 Å². The third-order valence-electron chi connectivity index (χ3n) is 5.92. The number of fused-ring (bicyclic) bond motifs is 1. The Balaban J connectivity index is 1.67. The molecular weight excluding hydrogens is 430 g/mol. The van der Waals surface area contributed by atoms with Gasteiger partial charge in [0.1, 0.15) is 18.1 Å². The molecule has 1 aliphatic heterocycles. The summed E-state index contributed by atoms with van der Waals surface area (Å²) < 4.78 is 11.4. The fourth-order valence-corrected chi connectivity index (χ4v) is 4.01. The molecule has 6 nitrogen and oxygen atoms in total. The highest BCUT2D eigenvalue weighted by atomic mass is 16.5. The summed E-state index contributed by atoms with van der Waals surface area (Å²) in [6.07, 6.45) is 1.75. The van der Waals surface area contributed by atoms with E-state index >= 15 is 0 Å². The van der Waals surface area contributed by atoms with Crippen LogP contribution in [-0.4, -0.2) is 24.3 Å². The number of rotatable bonds is 5. The summed E-state index contributed by atoms with van der Waals surface area (Å²) in [5.41, 5.74) is 4.85. The monoisotopic (exact) mass is 455 g/mol. The highest BCUT2D eigenvalue weighted by Crippen LogP contribution is 2.41. The molecule has 1 amide bonds. The van der Waals surface area contributed by atoms with Crippen LogP contribution in [0, 0.1) is 20.8 Å². The van der Waals surface area contributed by atoms with Crippen LogP contribution in [0.1, 0.15) is 45.1 Å². The van der Waals surface area contributed by atoms with Crippen molar-refractivity contribution in [1.82, 2.24) is 0 Å². The minimum absolute atomic E-state index is 0.0836. The minimum atomic E-state index is -0.413. The van der Waals surface area contributed by atoms with E-state index in [9.17, 15) is 14.4 Å². The maximum atomic E-state index is 13.2. The predicted molar refractivity (Wildman–Crippen MR) is 130 cm³/mol. The van der Waals surface area contributed by atoms with E-state index in [0.717, 1.165) is 16.7 Å². The van der Waals surface area contributed by atoms with E-state index < -0.39 is 5.97 Å². The number of anilines is 1. The van der Waals surface area contributed by atoms with Crippen molar-refractivity contribution in [1.29, 1.82) is 0 Å². The second-order valence-electron chi connectivity index (χ2n) is 8.19. The molecule has 0 saturated carbocycles. The lowest BCUT2D eigenvalue weighted by Crippen LogP contribution is -2.23. The molecule has 0 saturated heterocycles. The second kappa shape index (κ2) is 9.35. The molecule has 0 unspecified atom stereocenters. The average Bonchev–Trinajstić information content (AvgIpc) is 2.85. The van der Waals surface area contributed by atoms with Gasteiger partial charge in [0.05, 0.1) is 11.3 Å². The lowest BCUT2D eigenvalue weighted by atomic mass is 9.94. The smallest absolute Gasteiger partial charge is 0.308 e. The van der Waals surface area contributed by atoms with Gasteiger partial charge in [0.2, 0.25) is 0 Å². The Morgan fingerprint density at radius 3 is 2.26 bits per heavy atom. The van der Waals surface area contributed by atoms with Gasteiger partial charge in [-0.1, -0.05) is 42.5 Å². The second-order valence-corrected chi connectivity index (χ2v) is 8.19. The van der Waals surface area contributed by atoms with Crippen molar-refractivity contribution in [3.8, 4) is 11.5 Å². The van der Waals surface area contributed by atoms with Crippen molar-refractivity contribution in [2.45, 2.75) is 27.7 Å². The van der Waals surface area contributed by atoms with Crippen LogP contribution in [0.4, 0.5) is 5.69 Å². The molecule has 3 aromatic rings. The zero-order valence-electron chi connectivity index (χ0n) is 19.5. The van der Waals surface area contributed by atoms with Gasteiger partial charge in [-0.3, -0.25) is 14.4 Å². The Morgan fingerprint density at radius 2 is 1.56 bits per heavy atom. The van der Waals surface area contributed by atoms with Crippen molar-refractivity contribution in [3.05, 3.63) is 93.6 Å². The van der Waals surface area contributed by atoms with Crippen molar-refractivity contribution in [3.63, 3.8) is 0 Å².